The Morgan fingerprint density at radius 2 is 0.593 bits per heavy atom. The van der Waals surface area contributed by atoms with Crippen molar-refractivity contribution in [1.29, 1.82) is 0 Å². The number of benzene rings is 4. The van der Waals surface area contributed by atoms with Gasteiger partial charge in [0.15, 0.2) is 45.5 Å². The van der Waals surface area contributed by atoms with Gasteiger partial charge in [-0.15, -0.1) is 22.7 Å². The first kappa shape index (κ1) is 87.1. The van der Waals surface area contributed by atoms with Crippen molar-refractivity contribution >= 4 is 110 Å². The zero-order valence-electron chi connectivity index (χ0n) is 75.8. The molecule has 0 bridgehead atoms. The van der Waals surface area contributed by atoms with Crippen LogP contribution in [0.4, 0.5) is 0 Å². The van der Waals surface area contributed by atoms with Crippen LogP contribution in [-0.2, 0) is 28.2 Å². The summed E-state index contributed by atoms with van der Waals surface area (Å²) in [6, 6.07) is 0. The van der Waals surface area contributed by atoms with Crippen LogP contribution >= 0.6 is 22.7 Å². The van der Waals surface area contributed by atoms with Gasteiger partial charge in [0.2, 0.25) is 0 Å². The van der Waals surface area contributed by atoms with Crippen LogP contribution in [0, 0.1) is 256 Å². The third-order valence-corrected chi connectivity index (χ3v) is 27.5. The van der Waals surface area contributed by atoms with Crippen LogP contribution in [0.1, 0.15) is 207 Å². The van der Waals surface area contributed by atoms with Crippen molar-refractivity contribution in [2.75, 3.05) is 0 Å². The van der Waals surface area contributed by atoms with Gasteiger partial charge in [0, 0.05) is 81.5 Å². The van der Waals surface area contributed by atoms with Crippen molar-refractivity contribution in [2.45, 2.75) is 256 Å². The van der Waals surface area contributed by atoms with Gasteiger partial charge in [-0.2, -0.15) is 4.98 Å². The van der Waals surface area contributed by atoms with Crippen LogP contribution in [0.2, 0.25) is 0 Å². The number of pyridine rings is 4. The highest BCUT2D eigenvalue weighted by atomic mass is 32.1. The van der Waals surface area contributed by atoms with E-state index in [4.69, 9.17) is 8.83 Å². The molecule has 12 heterocycles. The maximum absolute atomic E-state index is 5.60. The Hall–Kier alpha value is -9.85. The molecule has 4 aromatic carbocycles. The zero-order valence-corrected chi connectivity index (χ0v) is 77.5. The molecule has 0 fully saturated rings. The van der Waals surface area contributed by atoms with Crippen LogP contribution in [-0.4, -0.2) is 73.1 Å². The lowest BCUT2D eigenvalue weighted by atomic mass is 9.94. The Kier molecular flexibility index (Phi) is 26.0. The number of oxazole rings is 2. The van der Waals surface area contributed by atoms with Gasteiger partial charge in [-0.3, -0.25) is 0 Å². The van der Waals surface area contributed by atoms with E-state index in [1.807, 2.05) is 87.9 Å². The number of fused-ring (bicyclic) bond motifs is 8. The minimum Gasteiger partial charge on any atom is -0.441 e. The Bertz CT molecular complexity index is 6100. The van der Waals surface area contributed by atoms with Gasteiger partial charge < -0.3 is 27.1 Å². The van der Waals surface area contributed by atoms with Gasteiger partial charge >= 0.3 is 0 Å². The molecular weight excluding hydrogens is 1440 g/mol. The van der Waals surface area contributed by atoms with E-state index in [1.54, 1.807) is 22.7 Å². The summed E-state index contributed by atoms with van der Waals surface area (Å²) in [4.78, 5) is 49.0. The lowest BCUT2D eigenvalue weighted by Crippen LogP contribution is -1.97. The van der Waals surface area contributed by atoms with E-state index in [0.717, 1.165) is 118 Å². The van der Waals surface area contributed by atoms with Gasteiger partial charge in [0.1, 0.15) is 28.5 Å². The molecule has 16 aromatic rings. The van der Waals surface area contributed by atoms with Crippen molar-refractivity contribution in [2.24, 2.45) is 28.2 Å². The topological polar surface area (TPSA) is 188 Å². The van der Waals surface area contributed by atoms with E-state index in [1.165, 1.54) is 171 Å². The minimum atomic E-state index is 0.676. The molecule has 0 aliphatic carbocycles. The highest BCUT2D eigenvalue weighted by Gasteiger charge is 2.21. The number of hydrogen-bond donors (Lipinski definition) is 0. The average Bonchev–Trinajstić information content (AvgIpc) is 1.87. The van der Waals surface area contributed by atoms with E-state index in [9.17, 15) is 0 Å². The summed E-state index contributed by atoms with van der Waals surface area (Å²) < 4.78 is 22.3. The Morgan fingerprint density at radius 1 is 0.221 bits per heavy atom. The van der Waals surface area contributed by atoms with Crippen molar-refractivity contribution in [3.8, 4) is 0 Å². The fourth-order valence-corrected chi connectivity index (χ4v) is 16.9. The highest BCUT2D eigenvalue weighted by Crippen LogP contribution is 2.37. The molecule has 17 nitrogen and oxygen atoms in total. The molecular formula is C94H123N15O2S2. The largest absolute Gasteiger partial charge is 0.441 e. The fourth-order valence-electron chi connectivity index (χ4n) is 15.0. The number of nitrogens with zero attached hydrogens (tertiary/aromatic N) is 15. The van der Waals surface area contributed by atoms with Gasteiger partial charge in [-0.05, 0) is 376 Å². The maximum atomic E-state index is 5.60. The first-order valence-electron chi connectivity index (χ1n) is 39.1. The van der Waals surface area contributed by atoms with Crippen LogP contribution in [0.25, 0.3) is 87.2 Å². The summed E-state index contributed by atoms with van der Waals surface area (Å²) in [6.07, 6.45) is 0. The molecule has 0 aliphatic heterocycles. The predicted octanol–water partition coefficient (Wildman–Crippen LogP) is 24.1. The molecule has 0 aliphatic rings. The number of aromatic nitrogens is 15. The van der Waals surface area contributed by atoms with Crippen molar-refractivity contribution in [3.63, 3.8) is 0 Å². The summed E-state index contributed by atoms with van der Waals surface area (Å²) in [5.41, 5.74) is 52.4. The quantitative estimate of drug-likeness (QED) is 0.140. The molecule has 12 aromatic heterocycles. The van der Waals surface area contributed by atoms with Gasteiger partial charge in [-0.25, -0.2) is 49.8 Å². The van der Waals surface area contributed by atoms with E-state index < -0.39 is 0 Å². The van der Waals surface area contributed by atoms with Gasteiger partial charge in [0.05, 0.1) is 47.0 Å². The molecule has 0 N–H and O–H groups in total. The van der Waals surface area contributed by atoms with Crippen molar-refractivity contribution < 1.29 is 8.83 Å². The second-order valence-electron chi connectivity index (χ2n) is 31.6. The molecule has 0 saturated heterocycles. The van der Waals surface area contributed by atoms with Crippen molar-refractivity contribution in [3.05, 3.63) is 207 Å². The number of hydrogen-bond acceptors (Lipinski definition) is 15. The Labute approximate surface area is 678 Å². The van der Waals surface area contributed by atoms with E-state index in [2.05, 4.69) is 270 Å². The third-order valence-electron chi connectivity index (χ3n) is 25.3. The standard InChI is InChI=1S/C15H21N.C13H18N2.C12H15NO.C12H15NS.2C11H15N3.C10H12N2O.C10H12N2S/c1-8-9(2)11(4)15-14(10(8)3)12(5)13(6)16(15)7;1-7-8(2)10(4)13-12(9(7)3)14-11(5)15(13)6;2*1-6-7(2)9(4)12-11(8(6)3)13-10(5)14-12;1-6-7(2)10-11(12-8(6)3)13-9(4)14(10)5;1-6-7(2)10-11(12-8(6)3)14(5)9(4)13-10;2*1-5-6(2)9-10(11-7(5)3)12-8(4)13-9/h1-7H3;1-6H3;4*1-5H3;2*1-4H3. The Balaban J connectivity index is 0.000000148. The SMILES string of the molecule is Cc1c(C)c(C)c2c(c1C)c(C)c(C)n2C.Cc1c(C)c(C)c2c(nc(C)n2C)c1C.Cc1nc2c(C)c(C)c(C)c(C)c2o1.Cc1nc2c(C)c(C)c(C)c(C)c2s1.Cc1nc2c(nc(C)n2C)c(C)c1C.Cc1nc2nc(C)c(C)c(C)c2o1.Cc1nc2nc(C)c(C)c(C)c2s1.Cc1nc2nc(C)n(C)c2c(C)c1C. The monoisotopic (exact) mass is 1560 g/mol. The lowest BCUT2D eigenvalue weighted by molar-refractivity contribution is 0.558. The van der Waals surface area contributed by atoms with E-state index >= 15 is 0 Å². The average molecular weight is 1560 g/mol. The van der Waals surface area contributed by atoms with Crippen LogP contribution in [0.5, 0.6) is 0 Å². The third kappa shape index (κ3) is 16.4. The van der Waals surface area contributed by atoms with Gasteiger partial charge in [-0.1, -0.05) is 0 Å². The summed E-state index contributed by atoms with van der Waals surface area (Å²) in [5, 5.41) is 3.72. The summed E-state index contributed by atoms with van der Waals surface area (Å²) >= 11 is 3.53. The van der Waals surface area contributed by atoms with Crippen LogP contribution < -0.4 is 0 Å². The fraction of sp³-hybridized carbons (Fsp3) is 0.436. The van der Waals surface area contributed by atoms with Crippen molar-refractivity contribution in [1.82, 2.24) is 73.1 Å². The predicted molar refractivity (Wildman–Crippen MR) is 479 cm³/mol. The van der Waals surface area contributed by atoms with Crippen LogP contribution in [0.3, 0.4) is 0 Å². The number of thiazole rings is 2. The maximum Gasteiger partial charge on any atom is 0.199 e. The summed E-state index contributed by atoms with van der Waals surface area (Å²) in [5.74, 6) is 4.54. The molecule has 113 heavy (non-hydrogen) atoms. The Morgan fingerprint density at radius 3 is 1.19 bits per heavy atom. The zero-order chi connectivity index (χ0) is 84.5. The molecule has 0 amide bonds. The lowest BCUT2D eigenvalue weighted by Gasteiger charge is -2.12. The second kappa shape index (κ2) is 33.7. The molecule has 0 spiro atoms. The van der Waals surface area contributed by atoms with Crippen LogP contribution in [0.15, 0.2) is 8.83 Å². The number of rotatable bonds is 0. The summed E-state index contributed by atoms with van der Waals surface area (Å²) in [7, 11) is 8.30. The summed E-state index contributed by atoms with van der Waals surface area (Å²) in [6.45, 7) is 78.2. The second-order valence-corrected chi connectivity index (χ2v) is 34.0. The number of aryl methyl sites for hydroxylation is 28. The minimum absolute atomic E-state index is 0.676. The highest BCUT2D eigenvalue weighted by molar-refractivity contribution is 7.19. The first-order chi connectivity index (χ1) is 52.6. The first-order valence-corrected chi connectivity index (χ1v) is 40.8. The molecule has 0 radical (unpaired) electrons. The molecule has 0 unspecified atom stereocenters. The molecule has 0 saturated carbocycles. The molecule has 598 valence electrons. The normalized spacial score (nSPS) is 11.2. The molecule has 19 heteroatoms. The molecule has 0 atom stereocenters. The van der Waals surface area contributed by atoms with E-state index in [0.29, 0.717) is 5.89 Å². The smallest absolute Gasteiger partial charge is 0.199 e. The molecule has 16 rings (SSSR count). The number of imidazole rings is 3. The van der Waals surface area contributed by atoms with E-state index in [-0.39, 0.29) is 0 Å². The van der Waals surface area contributed by atoms with Gasteiger partial charge in [0.25, 0.3) is 0 Å².